The van der Waals surface area contributed by atoms with Crippen LogP contribution in [-0.2, 0) is 0 Å². The minimum atomic E-state index is 1.12. The molecule has 0 saturated carbocycles. The number of hydrogen-bond donors (Lipinski definition) is 0. The second kappa shape index (κ2) is 8.19. The minimum absolute atomic E-state index is 1.12. The van der Waals surface area contributed by atoms with E-state index in [1.54, 1.807) is 0 Å². The van der Waals surface area contributed by atoms with Gasteiger partial charge in [0.15, 0.2) is 0 Å². The molecule has 0 unspecified atom stereocenters. The molecular formula is C16H22S. The summed E-state index contributed by atoms with van der Waals surface area (Å²) in [4.78, 5) is 1.35. The van der Waals surface area contributed by atoms with E-state index in [9.17, 15) is 0 Å². The molecule has 0 atom stereocenters. The molecule has 0 aliphatic carbocycles. The summed E-state index contributed by atoms with van der Waals surface area (Å²) in [5.41, 5.74) is 2.77. The van der Waals surface area contributed by atoms with Gasteiger partial charge in [-0.25, -0.2) is 0 Å². The molecule has 0 spiro atoms. The highest BCUT2D eigenvalue weighted by molar-refractivity contribution is 7.99. The predicted molar refractivity (Wildman–Crippen MR) is 79.6 cm³/mol. The van der Waals surface area contributed by atoms with E-state index in [0.717, 1.165) is 25.0 Å². The molecule has 1 aromatic rings. The van der Waals surface area contributed by atoms with Crippen LogP contribution in [0.25, 0.3) is 0 Å². The maximum atomic E-state index is 4.14. The Morgan fingerprint density at radius 1 is 1.18 bits per heavy atom. The summed E-state index contributed by atoms with van der Waals surface area (Å²) < 4.78 is 0. The highest BCUT2D eigenvalue weighted by Crippen LogP contribution is 2.20. The van der Waals surface area contributed by atoms with Gasteiger partial charge in [0.2, 0.25) is 0 Å². The van der Waals surface area contributed by atoms with Gasteiger partial charge in [0.05, 0.1) is 0 Å². The zero-order valence-electron chi connectivity index (χ0n) is 10.9. The third kappa shape index (κ3) is 7.06. The molecule has 0 saturated heterocycles. The zero-order valence-corrected chi connectivity index (χ0v) is 11.7. The Kier molecular flexibility index (Phi) is 6.80. The van der Waals surface area contributed by atoms with Crippen LogP contribution < -0.4 is 0 Å². The van der Waals surface area contributed by atoms with E-state index in [2.05, 4.69) is 56.8 Å². The monoisotopic (exact) mass is 246 g/mol. The maximum absolute atomic E-state index is 4.14. The average molecular weight is 246 g/mol. The lowest BCUT2D eigenvalue weighted by atomic mass is 10.1. The Balaban J connectivity index is 2.14. The van der Waals surface area contributed by atoms with Crippen molar-refractivity contribution in [3.05, 3.63) is 54.1 Å². The summed E-state index contributed by atoms with van der Waals surface area (Å²) in [6, 6.07) is 10.6. The molecule has 0 amide bonds. The molecule has 0 N–H and O–H groups in total. The van der Waals surface area contributed by atoms with E-state index in [0.29, 0.717) is 0 Å². The van der Waals surface area contributed by atoms with Crippen molar-refractivity contribution in [1.82, 2.24) is 0 Å². The first-order valence-electron chi connectivity index (χ1n) is 6.16. The van der Waals surface area contributed by atoms with E-state index in [-0.39, 0.29) is 0 Å². The molecule has 0 aliphatic heterocycles. The predicted octanol–water partition coefficient (Wildman–Crippen LogP) is 5.47. The van der Waals surface area contributed by atoms with Gasteiger partial charge in [-0.2, -0.15) is 0 Å². The van der Waals surface area contributed by atoms with Gasteiger partial charge in [0.1, 0.15) is 0 Å². The largest absolute Gasteiger partial charge is 0.126 e. The molecule has 17 heavy (non-hydrogen) atoms. The van der Waals surface area contributed by atoms with Gasteiger partial charge in [-0.1, -0.05) is 42.0 Å². The summed E-state index contributed by atoms with van der Waals surface area (Å²) in [7, 11) is 0. The van der Waals surface area contributed by atoms with E-state index in [1.807, 2.05) is 11.8 Å². The van der Waals surface area contributed by atoms with Crippen molar-refractivity contribution in [3.8, 4) is 0 Å². The van der Waals surface area contributed by atoms with Crippen LogP contribution in [0.4, 0.5) is 0 Å². The fraction of sp³-hybridized carbons (Fsp3) is 0.375. The summed E-state index contributed by atoms with van der Waals surface area (Å²) in [5, 5.41) is 0. The van der Waals surface area contributed by atoms with Gasteiger partial charge >= 0.3 is 0 Å². The summed E-state index contributed by atoms with van der Waals surface area (Å²) in [6.07, 6.45) is 5.67. The quantitative estimate of drug-likeness (QED) is 0.454. The summed E-state index contributed by atoms with van der Waals surface area (Å²) in [5.74, 6) is 1.14. The molecule has 0 radical (unpaired) electrons. The third-order valence-electron chi connectivity index (χ3n) is 2.52. The number of allylic oxidation sites excluding steroid dienone is 3. The molecule has 1 rings (SSSR count). The van der Waals surface area contributed by atoms with Crippen molar-refractivity contribution < 1.29 is 0 Å². The smallest absolute Gasteiger partial charge is 0.00720 e. The molecule has 0 bridgehead atoms. The molecule has 92 valence electrons. The van der Waals surface area contributed by atoms with Gasteiger partial charge in [-0.15, -0.1) is 11.8 Å². The van der Waals surface area contributed by atoms with Gasteiger partial charge < -0.3 is 0 Å². The first-order chi connectivity index (χ1) is 8.18. The van der Waals surface area contributed by atoms with Crippen LogP contribution in [0.2, 0.25) is 0 Å². The number of hydrogen-bond acceptors (Lipinski definition) is 1. The normalized spacial score (nSPS) is 10.0. The average Bonchev–Trinajstić information content (AvgIpc) is 2.30. The fourth-order valence-electron chi connectivity index (χ4n) is 1.52. The van der Waals surface area contributed by atoms with Crippen LogP contribution in [-0.4, -0.2) is 5.75 Å². The van der Waals surface area contributed by atoms with Crippen LogP contribution in [0.15, 0.2) is 59.0 Å². The van der Waals surface area contributed by atoms with Crippen molar-refractivity contribution in [2.24, 2.45) is 0 Å². The fourth-order valence-corrected chi connectivity index (χ4v) is 2.50. The lowest BCUT2D eigenvalue weighted by Crippen LogP contribution is -1.85. The topological polar surface area (TPSA) is 0 Å². The molecule has 0 heterocycles. The zero-order chi connectivity index (χ0) is 12.5. The standard InChI is InChI=1S/C16H22S/c1-14(2)8-7-9-15(3)12-13-17-16-10-5-4-6-11-16/h4-6,8,10-11H,3,7,9,12-13H2,1-2H3. The van der Waals surface area contributed by atoms with Crippen LogP contribution in [0.3, 0.4) is 0 Å². The SMILES string of the molecule is C=C(CCC=C(C)C)CCSc1ccccc1. The Morgan fingerprint density at radius 2 is 1.88 bits per heavy atom. The first kappa shape index (κ1) is 14.1. The molecule has 1 aromatic carbocycles. The lowest BCUT2D eigenvalue weighted by Gasteiger charge is -2.04. The molecule has 0 fully saturated rings. The maximum Gasteiger partial charge on any atom is 0.00720 e. The van der Waals surface area contributed by atoms with Crippen molar-refractivity contribution in [3.63, 3.8) is 0 Å². The van der Waals surface area contributed by atoms with Gasteiger partial charge in [0, 0.05) is 10.6 Å². The van der Waals surface area contributed by atoms with Crippen LogP contribution >= 0.6 is 11.8 Å². The molecule has 0 nitrogen and oxygen atoms in total. The van der Waals surface area contributed by atoms with Crippen molar-refractivity contribution in [2.75, 3.05) is 5.75 Å². The summed E-state index contributed by atoms with van der Waals surface area (Å²) in [6.45, 7) is 8.43. The van der Waals surface area contributed by atoms with Crippen molar-refractivity contribution in [1.29, 1.82) is 0 Å². The lowest BCUT2D eigenvalue weighted by molar-refractivity contribution is 0.913. The number of thioether (sulfide) groups is 1. The molecule has 0 aromatic heterocycles. The number of rotatable bonds is 7. The Hall–Kier alpha value is -0.950. The second-order valence-corrected chi connectivity index (χ2v) is 5.65. The van der Waals surface area contributed by atoms with Crippen LogP contribution in [0.1, 0.15) is 33.1 Å². The van der Waals surface area contributed by atoms with Gasteiger partial charge in [-0.3, -0.25) is 0 Å². The van der Waals surface area contributed by atoms with Crippen LogP contribution in [0, 0.1) is 0 Å². The second-order valence-electron chi connectivity index (χ2n) is 4.48. The molecule has 0 aliphatic rings. The Bertz CT molecular complexity index is 358. The van der Waals surface area contributed by atoms with Crippen LogP contribution in [0.5, 0.6) is 0 Å². The van der Waals surface area contributed by atoms with E-state index in [4.69, 9.17) is 0 Å². The molecule has 1 heteroatoms. The first-order valence-corrected chi connectivity index (χ1v) is 7.15. The molecular weight excluding hydrogens is 224 g/mol. The summed E-state index contributed by atoms with van der Waals surface area (Å²) >= 11 is 1.91. The van der Waals surface area contributed by atoms with Crippen molar-refractivity contribution >= 4 is 11.8 Å². The van der Waals surface area contributed by atoms with Gasteiger partial charge in [0.25, 0.3) is 0 Å². The van der Waals surface area contributed by atoms with E-state index >= 15 is 0 Å². The highest BCUT2D eigenvalue weighted by Gasteiger charge is 1.96. The highest BCUT2D eigenvalue weighted by atomic mass is 32.2. The van der Waals surface area contributed by atoms with Gasteiger partial charge in [-0.05, 0) is 45.2 Å². The van der Waals surface area contributed by atoms with E-state index < -0.39 is 0 Å². The van der Waals surface area contributed by atoms with E-state index in [1.165, 1.54) is 16.0 Å². The third-order valence-corrected chi connectivity index (χ3v) is 3.53. The number of benzene rings is 1. The van der Waals surface area contributed by atoms with Crippen molar-refractivity contribution in [2.45, 2.75) is 38.0 Å². The Morgan fingerprint density at radius 3 is 2.53 bits per heavy atom. The minimum Gasteiger partial charge on any atom is -0.126 e. The Labute approximate surface area is 110 Å².